The van der Waals surface area contributed by atoms with E-state index in [4.69, 9.17) is 0 Å². The number of aromatic nitrogens is 2. The van der Waals surface area contributed by atoms with Crippen molar-refractivity contribution in [2.45, 2.75) is 52.6 Å². The van der Waals surface area contributed by atoms with Gasteiger partial charge in [0.25, 0.3) is 0 Å². The van der Waals surface area contributed by atoms with Gasteiger partial charge in [0.2, 0.25) is 5.91 Å². The van der Waals surface area contributed by atoms with Gasteiger partial charge >= 0.3 is 0 Å². The van der Waals surface area contributed by atoms with Crippen LogP contribution >= 0.6 is 0 Å². The van der Waals surface area contributed by atoms with Gasteiger partial charge in [0, 0.05) is 25.7 Å². The highest BCUT2D eigenvalue weighted by Gasteiger charge is 2.40. The third-order valence-corrected chi connectivity index (χ3v) is 6.34. The average molecular weight is 379 g/mol. The number of nitrogens with zero attached hydrogens (tertiary/aromatic N) is 4. The fraction of sp³-hybridized carbons (Fsp3) is 0.522. The molecule has 1 aromatic carbocycles. The maximum atomic E-state index is 12.5. The van der Waals surface area contributed by atoms with E-state index in [9.17, 15) is 4.79 Å². The molecule has 0 N–H and O–H groups in total. The van der Waals surface area contributed by atoms with Gasteiger partial charge in [-0.3, -0.25) is 19.7 Å². The van der Waals surface area contributed by atoms with Crippen LogP contribution in [0.2, 0.25) is 0 Å². The molecule has 28 heavy (non-hydrogen) atoms. The minimum Gasteiger partial charge on any atom is -0.336 e. The number of amides is 1. The third-order valence-electron chi connectivity index (χ3n) is 6.34. The van der Waals surface area contributed by atoms with Crippen molar-refractivity contribution >= 4 is 5.91 Å². The van der Waals surface area contributed by atoms with Crippen LogP contribution in [0.15, 0.2) is 36.7 Å². The lowest BCUT2D eigenvalue weighted by atomic mass is 9.72. The molecule has 1 spiro atoms. The molecule has 2 fully saturated rings. The normalized spacial score (nSPS) is 19.9. The first-order chi connectivity index (χ1) is 13.5. The summed E-state index contributed by atoms with van der Waals surface area (Å²) in [5.41, 5.74) is 4.79. The SMILES string of the molecule is Cc1cccc(CN2CCC3(CCC(=O)N(Cc4cnc(C)cn4)C3)CC2)c1. The molecule has 1 amide bonds. The lowest BCUT2D eigenvalue weighted by Gasteiger charge is -2.47. The topological polar surface area (TPSA) is 49.3 Å². The molecule has 0 atom stereocenters. The van der Waals surface area contributed by atoms with Gasteiger partial charge in [-0.05, 0) is 57.2 Å². The molecular weight excluding hydrogens is 348 g/mol. The molecule has 2 aliphatic heterocycles. The number of aryl methyl sites for hydroxylation is 2. The second-order valence-corrected chi connectivity index (χ2v) is 8.66. The Hall–Kier alpha value is -2.27. The lowest BCUT2D eigenvalue weighted by Crippen LogP contribution is -2.51. The maximum Gasteiger partial charge on any atom is 0.222 e. The van der Waals surface area contributed by atoms with Crippen molar-refractivity contribution in [3.63, 3.8) is 0 Å². The summed E-state index contributed by atoms with van der Waals surface area (Å²) in [5.74, 6) is 0.259. The largest absolute Gasteiger partial charge is 0.336 e. The van der Waals surface area contributed by atoms with Crippen molar-refractivity contribution in [1.82, 2.24) is 19.8 Å². The van der Waals surface area contributed by atoms with E-state index in [1.54, 1.807) is 12.4 Å². The first-order valence-electron chi connectivity index (χ1n) is 10.3. The number of piperidine rings is 2. The Morgan fingerprint density at radius 2 is 1.86 bits per heavy atom. The first-order valence-corrected chi connectivity index (χ1v) is 10.3. The molecule has 5 heteroatoms. The highest BCUT2D eigenvalue weighted by atomic mass is 16.2. The van der Waals surface area contributed by atoms with Crippen molar-refractivity contribution in [1.29, 1.82) is 0 Å². The quantitative estimate of drug-likeness (QED) is 0.817. The highest BCUT2D eigenvalue weighted by Crippen LogP contribution is 2.40. The number of likely N-dealkylation sites (tertiary alicyclic amines) is 2. The second-order valence-electron chi connectivity index (χ2n) is 8.66. The molecule has 0 saturated carbocycles. The molecule has 3 heterocycles. The van der Waals surface area contributed by atoms with Crippen molar-refractivity contribution in [3.05, 3.63) is 59.2 Å². The zero-order chi connectivity index (χ0) is 19.6. The number of benzene rings is 1. The van der Waals surface area contributed by atoms with Crippen LogP contribution in [-0.4, -0.2) is 45.3 Å². The van der Waals surface area contributed by atoms with Crippen molar-refractivity contribution < 1.29 is 4.79 Å². The van der Waals surface area contributed by atoms with E-state index in [1.165, 1.54) is 24.0 Å². The van der Waals surface area contributed by atoms with E-state index in [0.717, 1.165) is 44.0 Å². The Bertz CT molecular complexity index is 825. The summed E-state index contributed by atoms with van der Waals surface area (Å²) in [4.78, 5) is 25.8. The van der Waals surface area contributed by atoms with E-state index in [1.807, 2.05) is 11.8 Å². The number of carbonyl (C=O) groups excluding carboxylic acids is 1. The van der Waals surface area contributed by atoms with E-state index < -0.39 is 0 Å². The highest BCUT2D eigenvalue weighted by molar-refractivity contribution is 5.77. The van der Waals surface area contributed by atoms with Gasteiger partial charge in [-0.1, -0.05) is 29.8 Å². The number of carbonyl (C=O) groups is 1. The summed E-state index contributed by atoms with van der Waals surface area (Å²) in [5, 5.41) is 0. The van der Waals surface area contributed by atoms with Gasteiger partial charge in [0.15, 0.2) is 0 Å². The maximum absolute atomic E-state index is 12.5. The van der Waals surface area contributed by atoms with Crippen molar-refractivity contribution in [2.24, 2.45) is 5.41 Å². The van der Waals surface area contributed by atoms with Crippen LogP contribution in [0, 0.1) is 19.3 Å². The van der Waals surface area contributed by atoms with Crippen LogP contribution in [0.1, 0.15) is 48.2 Å². The monoisotopic (exact) mass is 378 g/mol. The van der Waals surface area contributed by atoms with Crippen LogP contribution in [0.3, 0.4) is 0 Å². The molecule has 2 aromatic rings. The molecule has 0 radical (unpaired) electrons. The Labute approximate surface area is 167 Å². The van der Waals surface area contributed by atoms with Gasteiger partial charge in [-0.25, -0.2) is 0 Å². The molecule has 4 rings (SSSR count). The van der Waals surface area contributed by atoms with Crippen LogP contribution in [0.4, 0.5) is 0 Å². The summed E-state index contributed by atoms with van der Waals surface area (Å²) in [7, 11) is 0. The van der Waals surface area contributed by atoms with Gasteiger partial charge < -0.3 is 4.90 Å². The van der Waals surface area contributed by atoms with Gasteiger partial charge in [0.05, 0.1) is 24.1 Å². The summed E-state index contributed by atoms with van der Waals surface area (Å²) in [6, 6.07) is 8.81. The lowest BCUT2D eigenvalue weighted by molar-refractivity contribution is -0.140. The van der Waals surface area contributed by atoms with Crippen LogP contribution in [0.5, 0.6) is 0 Å². The second kappa shape index (κ2) is 8.00. The Morgan fingerprint density at radius 3 is 2.57 bits per heavy atom. The number of rotatable bonds is 4. The third kappa shape index (κ3) is 4.41. The molecule has 0 bridgehead atoms. The zero-order valence-corrected chi connectivity index (χ0v) is 17.0. The molecule has 0 aliphatic carbocycles. The molecule has 0 unspecified atom stereocenters. The van der Waals surface area contributed by atoms with Crippen LogP contribution < -0.4 is 0 Å². The zero-order valence-electron chi connectivity index (χ0n) is 17.0. The minimum atomic E-state index is 0.259. The van der Waals surface area contributed by atoms with Crippen LogP contribution in [0.25, 0.3) is 0 Å². The smallest absolute Gasteiger partial charge is 0.222 e. The summed E-state index contributed by atoms with van der Waals surface area (Å²) < 4.78 is 0. The standard InChI is InChI=1S/C23H30N4O/c1-18-4-3-5-20(12-18)15-26-10-8-23(9-11-26)7-6-22(28)27(17-23)16-21-14-24-19(2)13-25-21/h3-5,12-14H,6-11,15-17H2,1-2H3. The Balaban J connectivity index is 1.36. The summed E-state index contributed by atoms with van der Waals surface area (Å²) >= 11 is 0. The average Bonchev–Trinajstić information content (AvgIpc) is 2.69. The first kappa shape index (κ1) is 19.1. The van der Waals surface area contributed by atoms with Gasteiger partial charge in [-0.15, -0.1) is 0 Å². The number of hydrogen-bond donors (Lipinski definition) is 0. The Morgan fingerprint density at radius 1 is 1.04 bits per heavy atom. The van der Waals surface area contributed by atoms with E-state index >= 15 is 0 Å². The fourth-order valence-electron chi connectivity index (χ4n) is 4.61. The van der Waals surface area contributed by atoms with Gasteiger partial charge in [-0.2, -0.15) is 0 Å². The molecule has 148 valence electrons. The molecule has 1 aromatic heterocycles. The molecule has 2 aliphatic rings. The predicted octanol–water partition coefficient (Wildman–Crippen LogP) is 3.50. The van der Waals surface area contributed by atoms with Crippen LogP contribution in [-0.2, 0) is 17.9 Å². The van der Waals surface area contributed by atoms with E-state index in [-0.39, 0.29) is 11.3 Å². The van der Waals surface area contributed by atoms with E-state index in [2.05, 4.69) is 46.1 Å². The van der Waals surface area contributed by atoms with E-state index in [0.29, 0.717) is 13.0 Å². The Kier molecular flexibility index (Phi) is 5.44. The minimum absolute atomic E-state index is 0.259. The molecule has 5 nitrogen and oxygen atoms in total. The summed E-state index contributed by atoms with van der Waals surface area (Å²) in [6.07, 6.45) is 7.61. The fourth-order valence-corrected chi connectivity index (χ4v) is 4.61. The predicted molar refractivity (Wildman–Crippen MR) is 110 cm³/mol. The van der Waals surface area contributed by atoms with Crippen molar-refractivity contribution in [3.8, 4) is 0 Å². The molecule has 2 saturated heterocycles. The summed E-state index contributed by atoms with van der Waals surface area (Å²) in [6.45, 7) is 8.78. The number of hydrogen-bond acceptors (Lipinski definition) is 4. The van der Waals surface area contributed by atoms with Gasteiger partial charge in [0.1, 0.15) is 0 Å². The molecular formula is C23H30N4O. The van der Waals surface area contributed by atoms with Crippen molar-refractivity contribution in [2.75, 3.05) is 19.6 Å².